The average Bonchev–Trinajstić information content (AvgIpc) is 2.44. The molecule has 0 bridgehead atoms. The molecule has 2 N–H and O–H groups in total. The second-order valence-electron chi connectivity index (χ2n) is 5.09. The summed E-state index contributed by atoms with van der Waals surface area (Å²) in [6.07, 6.45) is 5.15. The Hall–Kier alpha value is -1.16. The van der Waals surface area contributed by atoms with E-state index in [-0.39, 0.29) is 18.4 Å². The molecule has 0 amide bonds. The van der Waals surface area contributed by atoms with Crippen molar-refractivity contribution in [2.24, 2.45) is 11.8 Å². The number of ether oxygens (including phenoxy) is 1. The summed E-state index contributed by atoms with van der Waals surface area (Å²) in [6, 6.07) is 10.0. The summed E-state index contributed by atoms with van der Waals surface area (Å²) in [4.78, 5) is 0. The first-order chi connectivity index (χ1) is 9.31. The van der Waals surface area contributed by atoms with Gasteiger partial charge in [-0.05, 0) is 18.4 Å². The molecule has 0 saturated heterocycles. The summed E-state index contributed by atoms with van der Waals surface area (Å²) < 4.78 is 5.70. The second-order valence-corrected chi connectivity index (χ2v) is 5.09. The smallest absolute Gasteiger partial charge is 0.0717 e. The van der Waals surface area contributed by atoms with Crippen LogP contribution in [0.4, 0.5) is 0 Å². The third kappa shape index (κ3) is 4.16. The van der Waals surface area contributed by atoms with Crippen LogP contribution >= 0.6 is 0 Å². The highest BCUT2D eigenvalue weighted by molar-refractivity contribution is 5.13. The lowest BCUT2D eigenvalue weighted by molar-refractivity contribution is -0.00548. The minimum Gasteiger partial charge on any atom is -0.396 e. The van der Waals surface area contributed by atoms with E-state index in [1.165, 1.54) is 0 Å². The molecule has 0 heterocycles. The van der Waals surface area contributed by atoms with E-state index < -0.39 is 6.10 Å². The molecule has 1 aliphatic rings. The van der Waals surface area contributed by atoms with Gasteiger partial charge in [0.25, 0.3) is 0 Å². The molecule has 3 nitrogen and oxygen atoms in total. The van der Waals surface area contributed by atoms with E-state index in [0.717, 1.165) is 12.0 Å². The van der Waals surface area contributed by atoms with Gasteiger partial charge in [0.15, 0.2) is 0 Å². The highest BCUT2D eigenvalue weighted by Crippen LogP contribution is 2.26. The molecule has 19 heavy (non-hydrogen) atoms. The molecule has 0 fully saturated rings. The first kappa shape index (κ1) is 14.3. The number of hydrogen-bond donors (Lipinski definition) is 2. The minimum atomic E-state index is -0.409. The van der Waals surface area contributed by atoms with Gasteiger partial charge in [0.05, 0.1) is 19.3 Å². The summed E-state index contributed by atoms with van der Waals surface area (Å²) >= 11 is 0. The standard InChI is InChI=1S/C16H22O3/c17-10-9-14-7-4-8-15(16(14)18)12-19-11-13-5-2-1-3-6-13/h1-7,14-18H,8-12H2/t14-,15-,16+/m0/s1. The van der Waals surface area contributed by atoms with Crippen molar-refractivity contribution in [3.8, 4) is 0 Å². The zero-order valence-electron chi connectivity index (χ0n) is 11.1. The third-order valence-electron chi connectivity index (χ3n) is 3.65. The van der Waals surface area contributed by atoms with Crippen molar-refractivity contribution < 1.29 is 14.9 Å². The van der Waals surface area contributed by atoms with Gasteiger partial charge in [-0.15, -0.1) is 0 Å². The van der Waals surface area contributed by atoms with Crippen LogP contribution in [0, 0.1) is 11.8 Å². The fourth-order valence-electron chi connectivity index (χ4n) is 2.52. The quantitative estimate of drug-likeness (QED) is 0.772. The Labute approximate surface area is 114 Å². The van der Waals surface area contributed by atoms with Crippen LogP contribution in [0.5, 0.6) is 0 Å². The van der Waals surface area contributed by atoms with Crippen LogP contribution in [0.1, 0.15) is 18.4 Å². The Bertz CT molecular complexity index is 388. The van der Waals surface area contributed by atoms with Crippen LogP contribution in [-0.2, 0) is 11.3 Å². The second kappa shape index (κ2) is 7.43. The lowest BCUT2D eigenvalue weighted by atomic mass is 9.82. The van der Waals surface area contributed by atoms with Gasteiger partial charge in [0.2, 0.25) is 0 Å². The highest BCUT2D eigenvalue weighted by atomic mass is 16.5. The maximum absolute atomic E-state index is 10.2. The number of rotatable bonds is 6. The topological polar surface area (TPSA) is 49.7 Å². The molecule has 0 aliphatic heterocycles. The molecule has 104 valence electrons. The lowest BCUT2D eigenvalue weighted by Crippen LogP contribution is -2.34. The molecule has 0 unspecified atom stereocenters. The molecule has 2 rings (SSSR count). The Morgan fingerprint density at radius 2 is 2.00 bits per heavy atom. The molecule has 1 aromatic rings. The summed E-state index contributed by atoms with van der Waals surface area (Å²) in [6.45, 7) is 1.25. The SMILES string of the molecule is OCC[C@@H]1C=CC[C@@H](COCc2ccccc2)[C@@H]1O. The molecular formula is C16H22O3. The van der Waals surface area contributed by atoms with Gasteiger partial charge in [0, 0.05) is 18.4 Å². The molecule has 3 heteroatoms. The van der Waals surface area contributed by atoms with Crippen molar-refractivity contribution in [1.29, 1.82) is 0 Å². The van der Waals surface area contributed by atoms with E-state index in [2.05, 4.69) is 6.08 Å². The molecule has 0 radical (unpaired) electrons. The van der Waals surface area contributed by atoms with Crippen LogP contribution in [0.25, 0.3) is 0 Å². The van der Waals surface area contributed by atoms with Gasteiger partial charge in [0.1, 0.15) is 0 Å². The fourth-order valence-corrected chi connectivity index (χ4v) is 2.52. The fraction of sp³-hybridized carbons (Fsp3) is 0.500. The van der Waals surface area contributed by atoms with Crippen LogP contribution in [-0.4, -0.2) is 29.5 Å². The predicted molar refractivity (Wildman–Crippen MR) is 74.5 cm³/mol. The van der Waals surface area contributed by atoms with Crippen molar-refractivity contribution in [3.63, 3.8) is 0 Å². The maximum atomic E-state index is 10.2. The van der Waals surface area contributed by atoms with Crippen molar-refractivity contribution in [3.05, 3.63) is 48.0 Å². The molecule has 0 saturated carbocycles. The third-order valence-corrected chi connectivity index (χ3v) is 3.65. The van der Waals surface area contributed by atoms with E-state index in [4.69, 9.17) is 9.84 Å². The Kier molecular flexibility index (Phi) is 5.58. The Morgan fingerprint density at radius 3 is 2.74 bits per heavy atom. The van der Waals surface area contributed by atoms with Crippen molar-refractivity contribution in [2.45, 2.75) is 25.6 Å². The molecule has 0 aromatic heterocycles. The number of aliphatic hydroxyl groups is 2. The van der Waals surface area contributed by atoms with E-state index >= 15 is 0 Å². The van der Waals surface area contributed by atoms with E-state index in [0.29, 0.717) is 19.6 Å². The molecule has 1 aliphatic carbocycles. The number of benzene rings is 1. The number of allylic oxidation sites excluding steroid dienone is 1. The predicted octanol–water partition coefficient (Wildman–Crippen LogP) is 2.14. The van der Waals surface area contributed by atoms with E-state index in [9.17, 15) is 5.11 Å². The summed E-state index contributed by atoms with van der Waals surface area (Å²) in [5, 5.41) is 19.2. The monoisotopic (exact) mass is 262 g/mol. The van der Waals surface area contributed by atoms with Gasteiger partial charge < -0.3 is 14.9 Å². The maximum Gasteiger partial charge on any atom is 0.0717 e. The zero-order chi connectivity index (χ0) is 13.5. The largest absolute Gasteiger partial charge is 0.396 e. The minimum absolute atomic E-state index is 0.0593. The van der Waals surface area contributed by atoms with Crippen LogP contribution in [0.2, 0.25) is 0 Å². The first-order valence-corrected chi connectivity index (χ1v) is 6.88. The molecular weight excluding hydrogens is 240 g/mol. The molecule has 0 spiro atoms. The average molecular weight is 262 g/mol. The van der Waals surface area contributed by atoms with Crippen molar-refractivity contribution >= 4 is 0 Å². The number of aliphatic hydroxyl groups excluding tert-OH is 2. The van der Waals surface area contributed by atoms with Gasteiger partial charge in [-0.3, -0.25) is 0 Å². The summed E-state index contributed by atoms with van der Waals surface area (Å²) in [5.41, 5.74) is 1.15. The van der Waals surface area contributed by atoms with Gasteiger partial charge >= 0.3 is 0 Å². The normalized spacial score (nSPS) is 26.5. The van der Waals surface area contributed by atoms with E-state index in [1.54, 1.807) is 0 Å². The van der Waals surface area contributed by atoms with Gasteiger partial charge in [-0.2, -0.15) is 0 Å². The van der Waals surface area contributed by atoms with Gasteiger partial charge in [-0.25, -0.2) is 0 Å². The summed E-state index contributed by atoms with van der Waals surface area (Å²) in [5.74, 6) is 0.189. The number of hydrogen-bond acceptors (Lipinski definition) is 3. The van der Waals surface area contributed by atoms with Gasteiger partial charge in [-0.1, -0.05) is 42.5 Å². The highest BCUT2D eigenvalue weighted by Gasteiger charge is 2.28. The van der Waals surface area contributed by atoms with Crippen LogP contribution in [0.15, 0.2) is 42.5 Å². The van der Waals surface area contributed by atoms with Crippen molar-refractivity contribution in [1.82, 2.24) is 0 Å². The van der Waals surface area contributed by atoms with E-state index in [1.807, 2.05) is 36.4 Å². The molecule has 1 aromatic carbocycles. The first-order valence-electron chi connectivity index (χ1n) is 6.88. The van der Waals surface area contributed by atoms with Crippen LogP contribution in [0.3, 0.4) is 0 Å². The summed E-state index contributed by atoms with van der Waals surface area (Å²) in [7, 11) is 0. The Morgan fingerprint density at radius 1 is 1.21 bits per heavy atom. The zero-order valence-corrected chi connectivity index (χ0v) is 11.1. The lowest BCUT2D eigenvalue weighted by Gasteiger charge is -2.30. The Balaban J connectivity index is 1.78. The van der Waals surface area contributed by atoms with Crippen LogP contribution < -0.4 is 0 Å². The molecule has 3 atom stereocenters. The van der Waals surface area contributed by atoms with Crippen molar-refractivity contribution in [2.75, 3.05) is 13.2 Å².